The van der Waals surface area contributed by atoms with Gasteiger partial charge in [-0.2, -0.15) is 0 Å². The average Bonchev–Trinajstić information content (AvgIpc) is 3.24. The van der Waals surface area contributed by atoms with Crippen LogP contribution in [0.2, 0.25) is 18.1 Å². The van der Waals surface area contributed by atoms with Gasteiger partial charge >= 0.3 is 29.8 Å². The molecule has 6 atom stereocenters. The van der Waals surface area contributed by atoms with Crippen molar-refractivity contribution in [2.24, 2.45) is 0 Å². The molecule has 4 aromatic carbocycles. The Bertz CT molecular complexity index is 2020. The van der Waals surface area contributed by atoms with Gasteiger partial charge < -0.3 is 37.6 Å². The number of carbonyl (C=O) groups is 5. The van der Waals surface area contributed by atoms with Crippen LogP contribution in [0.25, 0.3) is 0 Å². The molecule has 0 bridgehead atoms. The zero-order valence-electron chi connectivity index (χ0n) is 34.6. The molecule has 1 saturated heterocycles. The van der Waals surface area contributed by atoms with Crippen molar-refractivity contribution in [1.29, 1.82) is 0 Å². The summed E-state index contributed by atoms with van der Waals surface area (Å²) in [6.07, 6.45) is -9.20. The summed E-state index contributed by atoms with van der Waals surface area (Å²) in [5, 5.41) is -0.211. The molecule has 4 aromatic rings. The largest absolute Gasteiger partial charge is 0.466 e. The quantitative estimate of drug-likeness (QED) is 0.0582. The molecule has 60 heavy (non-hydrogen) atoms. The highest BCUT2D eigenvalue weighted by Gasteiger charge is 2.54. The maximum Gasteiger partial charge on any atom is 0.338 e. The van der Waals surface area contributed by atoms with Crippen LogP contribution in [-0.2, 0) is 42.4 Å². The Kier molecular flexibility index (Phi) is 15.9. The molecule has 0 unspecified atom stereocenters. The molecule has 5 rings (SSSR count). The first kappa shape index (κ1) is 45.4. The van der Waals surface area contributed by atoms with Crippen LogP contribution in [0.15, 0.2) is 121 Å². The molecular weight excluding hydrogens is 789 g/mol. The topological polar surface area (TPSA) is 159 Å². The van der Waals surface area contributed by atoms with Crippen LogP contribution in [-0.4, -0.2) is 94.8 Å². The molecule has 0 aliphatic carbocycles. The lowest BCUT2D eigenvalue weighted by molar-refractivity contribution is -0.310. The van der Waals surface area contributed by atoms with Gasteiger partial charge in [0.1, 0.15) is 12.7 Å². The molecule has 13 nitrogen and oxygen atoms in total. The minimum Gasteiger partial charge on any atom is -0.466 e. The van der Waals surface area contributed by atoms with Gasteiger partial charge in [0.05, 0.1) is 48.0 Å². The molecule has 1 fully saturated rings. The van der Waals surface area contributed by atoms with E-state index in [-0.39, 0.29) is 46.9 Å². The fourth-order valence-electron chi connectivity index (χ4n) is 5.90. The lowest BCUT2D eigenvalue weighted by atomic mass is 9.97. The van der Waals surface area contributed by atoms with Gasteiger partial charge in [-0.25, -0.2) is 19.2 Å². The van der Waals surface area contributed by atoms with E-state index in [2.05, 4.69) is 20.8 Å². The summed E-state index contributed by atoms with van der Waals surface area (Å²) >= 11 is 0. The van der Waals surface area contributed by atoms with Crippen molar-refractivity contribution in [2.75, 3.05) is 19.8 Å². The van der Waals surface area contributed by atoms with Crippen molar-refractivity contribution >= 4 is 38.2 Å². The van der Waals surface area contributed by atoms with E-state index < -0.39 is 81.6 Å². The summed E-state index contributed by atoms with van der Waals surface area (Å²) in [4.78, 5) is 68.1. The minimum absolute atomic E-state index is 0.0942. The summed E-state index contributed by atoms with van der Waals surface area (Å²) in [6, 6.07) is 32.4. The van der Waals surface area contributed by atoms with Gasteiger partial charge in [-0.15, -0.1) is 0 Å². The molecular formula is C46H52O13Si. The van der Waals surface area contributed by atoms with Gasteiger partial charge in [-0.1, -0.05) is 93.6 Å². The minimum atomic E-state index is -2.44. The molecule has 0 radical (unpaired) electrons. The van der Waals surface area contributed by atoms with Crippen molar-refractivity contribution < 1.29 is 61.6 Å². The van der Waals surface area contributed by atoms with Crippen LogP contribution in [0.4, 0.5) is 0 Å². The SMILES string of the molecule is CCOC(=O)C[C@@H](CO[Si](C)(C)C(C)(C)C)O[C@@H]1O[C@H](COC(=O)c2ccccc2)[C@@H](OC(=O)c2ccccc2)[C@H](OC(=O)c2ccccc2)[C@H]1OC(=O)c1ccccc1. The standard InChI is InChI=1S/C46H52O13Si/c1-7-52-37(47)28-35(29-54-60(5,6)46(2,3)4)55-45-40(59-44(51)34-26-18-11-19-27-34)39(58-43(50)33-24-16-10-17-25-33)38(57-42(49)32-22-14-9-15-23-32)36(56-45)30-53-41(48)31-20-12-8-13-21-31/h8-27,35-36,38-40,45H,7,28-30H2,1-6H3/t35-,36+,38+,39-,40+,45+/m0/s1. The first-order valence-electron chi connectivity index (χ1n) is 19.8. The maximum atomic E-state index is 14.0. The fourth-order valence-corrected chi connectivity index (χ4v) is 6.93. The molecule has 0 saturated carbocycles. The summed E-state index contributed by atoms with van der Waals surface area (Å²) < 4.78 is 49.0. The predicted molar refractivity (Wildman–Crippen MR) is 222 cm³/mol. The molecule has 0 amide bonds. The summed E-state index contributed by atoms with van der Waals surface area (Å²) in [6.45, 7) is 11.4. The third kappa shape index (κ3) is 12.4. The number of esters is 5. The van der Waals surface area contributed by atoms with Gasteiger partial charge in [0.25, 0.3) is 0 Å². The molecule has 1 heterocycles. The summed E-state index contributed by atoms with van der Waals surface area (Å²) in [7, 11) is -2.44. The van der Waals surface area contributed by atoms with Crippen molar-refractivity contribution in [3.63, 3.8) is 0 Å². The van der Waals surface area contributed by atoms with Crippen molar-refractivity contribution in [3.05, 3.63) is 144 Å². The number of rotatable bonds is 17. The number of ether oxygens (including phenoxy) is 7. The smallest absolute Gasteiger partial charge is 0.338 e. The third-order valence-corrected chi connectivity index (χ3v) is 14.7. The number of hydrogen-bond acceptors (Lipinski definition) is 13. The predicted octanol–water partition coefficient (Wildman–Crippen LogP) is 7.61. The Morgan fingerprint density at radius 3 is 1.45 bits per heavy atom. The third-order valence-electron chi connectivity index (χ3n) is 10.2. The maximum absolute atomic E-state index is 14.0. The Morgan fingerprint density at radius 2 is 1.02 bits per heavy atom. The Hall–Kier alpha value is -5.67. The monoisotopic (exact) mass is 840 g/mol. The summed E-state index contributed by atoms with van der Waals surface area (Å²) in [5.74, 6) is -3.85. The van der Waals surface area contributed by atoms with Crippen LogP contribution in [0, 0.1) is 0 Å². The highest BCUT2D eigenvalue weighted by atomic mass is 28.4. The van der Waals surface area contributed by atoms with Crippen molar-refractivity contribution in [2.45, 2.75) is 89.1 Å². The number of benzene rings is 4. The van der Waals surface area contributed by atoms with Crippen LogP contribution < -0.4 is 0 Å². The second-order valence-corrected chi connectivity index (χ2v) is 20.4. The van der Waals surface area contributed by atoms with Crippen molar-refractivity contribution in [1.82, 2.24) is 0 Å². The van der Waals surface area contributed by atoms with E-state index in [1.54, 1.807) is 91.9 Å². The molecule has 1 aliphatic rings. The first-order chi connectivity index (χ1) is 28.7. The molecule has 318 valence electrons. The highest BCUT2D eigenvalue weighted by Crippen LogP contribution is 2.37. The molecule has 14 heteroatoms. The zero-order valence-corrected chi connectivity index (χ0v) is 35.6. The van der Waals surface area contributed by atoms with E-state index in [9.17, 15) is 24.0 Å². The Balaban J connectivity index is 1.61. The summed E-state index contributed by atoms with van der Waals surface area (Å²) in [5.41, 5.74) is 0.667. The first-order valence-corrected chi connectivity index (χ1v) is 22.7. The lowest BCUT2D eigenvalue weighted by Gasteiger charge is -2.45. The van der Waals surface area contributed by atoms with E-state index in [1.165, 1.54) is 36.4 Å². The number of hydrogen-bond donors (Lipinski definition) is 0. The molecule has 0 aromatic heterocycles. The van der Waals surface area contributed by atoms with E-state index in [4.69, 9.17) is 37.6 Å². The van der Waals surface area contributed by atoms with E-state index in [1.807, 2.05) is 13.1 Å². The van der Waals surface area contributed by atoms with Gasteiger partial charge in [-0.3, -0.25) is 4.79 Å². The van der Waals surface area contributed by atoms with Gasteiger partial charge in [0.15, 0.2) is 32.9 Å². The van der Waals surface area contributed by atoms with Gasteiger partial charge in [-0.05, 0) is 73.6 Å². The van der Waals surface area contributed by atoms with Crippen LogP contribution in [0.1, 0.15) is 75.5 Å². The Morgan fingerprint density at radius 1 is 0.600 bits per heavy atom. The molecule has 1 aliphatic heterocycles. The van der Waals surface area contributed by atoms with Crippen molar-refractivity contribution in [3.8, 4) is 0 Å². The van der Waals surface area contributed by atoms with Crippen LogP contribution in [0.5, 0.6) is 0 Å². The number of carbonyl (C=O) groups excluding carboxylic acids is 5. The molecule has 0 N–H and O–H groups in total. The normalized spacial score (nSPS) is 19.6. The van der Waals surface area contributed by atoms with Gasteiger partial charge in [0.2, 0.25) is 0 Å². The van der Waals surface area contributed by atoms with E-state index in [0.717, 1.165) is 0 Å². The van der Waals surface area contributed by atoms with Crippen LogP contribution >= 0.6 is 0 Å². The van der Waals surface area contributed by atoms with E-state index >= 15 is 0 Å². The fraction of sp³-hybridized carbons (Fsp3) is 0.370. The Labute approximate surface area is 351 Å². The average molecular weight is 841 g/mol. The second-order valence-electron chi connectivity index (χ2n) is 15.6. The zero-order chi connectivity index (χ0) is 43.3. The molecule has 0 spiro atoms. The van der Waals surface area contributed by atoms with Gasteiger partial charge in [0, 0.05) is 0 Å². The highest BCUT2D eigenvalue weighted by molar-refractivity contribution is 6.74. The second kappa shape index (κ2) is 21.0. The lowest BCUT2D eigenvalue weighted by Crippen LogP contribution is -2.63. The van der Waals surface area contributed by atoms with E-state index in [0.29, 0.717) is 0 Å². The van der Waals surface area contributed by atoms with Crippen LogP contribution in [0.3, 0.4) is 0 Å².